The lowest BCUT2D eigenvalue weighted by Gasteiger charge is -2.17. The molecule has 0 radical (unpaired) electrons. The standard InChI is InChI=1S/C15H29N3O2/c1-3-4-12(9-10-16)5-8-14(19)17-11(2)15(20)18-13-6-7-13/h11-13H,3-10,16H2,1-2H3,(H,17,19)(H,18,20). The van der Waals surface area contributed by atoms with Gasteiger partial charge in [0, 0.05) is 12.5 Å². The van der Waals surface area contributed by atoms with E-state index in [0.29, 0.717) is 24.9 Å². The molecule has 0 aliphatic heterocycles. The molecular formula is C15H29N3O2. The van der Waals surface area contributed by atoms with Gasteiger partial charge in [0.25, 0.3) is 0 Å². The first kappa shape index (κ1) is 17.0. The highest BCUT2D eigenvalue weighted by molar-refractivity contribution is 5.87. The van der Waals surface area contributed by atoms with E-state index >= 15 is 0 Å². The fraction of sp³-hybridized carbons (Fsp3) is 0.867. The van der Waals surface area contributed by atoms with Crippen molar-refractivity contribution in [1.29, 1.82) is 0 Å². The predicted molar refractivity (Wildman–Crippen MR) is 80.1 cm³/mol. The van der Waals surface area contributed by atoms with Crippen LogP contribution in [0.3, 0.4) is 0 Å². The van der Waals surface area contributed by atoms with Gasteiger partial charge in [0.05, 0.1) is 0 Å². The van der Waals surface area contributed by atoms with Crippen molar-refractivity contribution in [2.24, 2.45) is 11.7 Å². The van der Waals surface area contributed by atoms with Gasteiger partial charge in [-0.3, -0.25) is 9.59 Å². The number of carbonyl (C=O) groups excluding carboxylic acids is 2. The molecule has 5 heteroatoms. The molecule has 1 rings (SSSR count). The minimum Gasteiger partial charge on any atom is -0.352 e. The summed E-state index contributed by atoms with van der Waals surface area (Å²) in [5.74, 6) is 0.404. The summed E-state index contributed by atoms with van der Waals surface area (Å²) in [5, 5.41) is 5.66. The quantitative estimate of drug-likeness (QED) is 0.565. The van der Waals surface area contributed by atoms with Crippen molar-refractivity contribution in [2.75, 3.05) is 6.54 Å². The lowest BCUT2D eigenvalue weighted by Crippen LogP contribution is -2.45. The van der Waals surface area contributed by atoms with Crippen LogP contribution in [0.5, 0.6) is 0 Å². The SMILES string of the molecule is CCCC(CCN)CCC(=O)NC(C)C(=O)NC1CC1. The predicted octanol–water partition coefficient (Wildman–Crippen LogP) is 1.32. The molecule has 2 unspecified atom stereocenters. The van der Waals surface area contributed by atoms with Crippen molar-refractivity contribution in [3.05, 3.63) is 0 Å². The van der Waals surface area contributed by atoms with E-state index in [2.05, 4.69) is 17.6 Å². The summed E-state index contributed by atoms with van der Waals surface area (Å²) in [6.45, 7) is 4.55. The highest BCUT2D eigenvalue weighted by Gasteiger charge is 2.26. The van der Waals surface area contributed by atoms with Crippen molar-refractivity contribution in [2.45, 2.75) is 70.9 Å². The van der Waals surface area contributed by atoms with E-state index in [9.17, 15) is 9.59 Å². The van der Waals surface area contributed by atoms with Crippen molar-refractivity contribution in [3.63, 3.8) is 0 Å². The molecule has 116 valence electrons. The Balaban J connectivity index is 2.21. The zero-order valence-electron chi connectivity index (χ0n) is 12.8. The van der Waals surface area contributed by atoms with Crippen LogP contribution in [0.25, 0.3) is 0 Å². The lowest BCUT2D eigenvalue weighted by molar-refractivity contribution is -0.128. The molecule has 0 aromatic carbocycles. The molecule has 2 amide bonds. The van der Waals surface area contributed by atoms with Gasteiger partial charge < -0.3 is 16.4 Å². The molecule has 0 heterocycles. The van der Waals surface area contributed by atoms with Gasteiger partial charge in [-0.1, -0.05) is 19.8 Å². The van der Waals surface area contributed by atoms with Crippen LogP contribution in [0, 0.1) is 5.92 Å². The minimum atomic E-state index is -0.442. The van der Waals surface area contributed by atoms with Crippen LogP contribution in [0.4, 0.5) is 0 Å². The maximum Gasteiger partial charge on any atom is 0.242 e. The second kappa shape index (κ2) is 8.95. The number of amides is 2. The Kier molecular flexibility index (Phi) is 7.59. The average Bonchev–Trinajstić information content (AvgIpc) is 3.20. The Hall–Kier alpha value is -1.10. The van der Waals surface area contributed by atoms with Crippen LogP contribution in [-0.4, -0.2) is 30.4 Å². The maximum atomic E-state index is 11.8. The van der Waals surface area contributed by atoms with Gasteiger partial charge >= 0.3 is 0 Å². The number of hydrogen-bond acceptors (Lipinski definition) is 3. The number of rotatable bonds is 10. The number of carbonyl (C=O) groups is 2. The summed E-state index contributed by atoms with van der Waals surface area (Å²) in [7, 11) is 0. The van der Waals surface area contributed by atoms with Crippen molar-refractivity contribution in [1.82, 2.24) is 10.6 Å². The zero-order chi connectivity index (χ0) is 15.0. The monoisotopic (exact) mass is 283 g/mol. The molecule has 1 aliphatic carbocycles. The van der Waals surface area contributed by atoms with Crippen molar-refractivity contribution >= 4 is 11.8 Å². The Morgan fingerprint density at radius 2 is 1.95 bits per heavy atom. The molecule has 2 atom stereocenters. The van der Waals surface area contributed by atoms with Gasteiger partial charge in [-0.05, 0) is 45.1 Å². The van der Waals surface area contributed by atoms with Gasteiger partial charge in [0.1, 0.15) is 6.04 Å². The van der Waals surface area contributed by atoms with Crippen LogP contribution in [0.2, 0.25) is 0 Å². The molecule has 1 fully saturated rings. The molecule has 0 aromatic rings. The van der Waals surface area contributed by atoms with E-state index in [1.54, 1.807) is 6.92 Å². The molecule has 0 saturated heterocycles. The van der Waals surface area contributed by atoms with Crippen LogP contribution >= 0.6 is 0 Å². The number of nitrogens with one attached hydrogen (secondary N) is 2. The van der Waals surface area contributed by atoms with Gasteiger partial charge in [-0.2, -0.15) is 0 Å². The molecule has 0 aromatic heterocycles. The van der Waals surface area contributed by atoms with Gasteiger partial charge in [0.2, 0.25) is 11.8 Å². The Bertz CT molecular complexity index is 310. The number of hydrogen-bond donors (Lipinski definition) is 3. The second-order valence-corrected chi connectivity index (χ2v) is 5.84. The third-order valence-corrected chi connectivity index (χ3v) is 3.75. The first-order valence-electron chi connectivity index (χ1n) is 7.86. The van der Waals surface area contributed by atoms with Crippen LogP contribution < -0.4 is 16.4 Å². The molecular weight excluding hydrogens is 254 g/mol. The molecule has 1 aliphatic rings. The van der Waals surface area contributed by atoms with Gasteiger partial charge in [-0.25, -0.2) is 0 Å². The van der Waals surface area contributed by atoms with Crippen LogP contribution in [0.15, 0.2) is 0 Å². The van der Waals surface area contributed by atoms with Gasteiger partial charge in [-0.15, -0.1) is 0 Å². The largest absolute Gasteiger partial charge is 0.352 e. The fourth-order valence-corrected chi connectivity index (χ4v) is 2.35. The zero-order valence-corrected chi connectivity index (χ0v) is 12.8. The lowest BCUT2D eigenvalue weighted by atomic mass is 9.94. The molecule has 20 heavy (non-hydrogen) atoms. The fourth-order valence-electron chi connectivity index (χ4n) is 2.35. The third kappa shape index (κ3) is 6.89. The summed E-state index contributed by atoms with van der Waals surface area (Å²) in [6.07, 6.45) is 6.65. The van der Waals surface area contributed by atoms with Crippen LogP contribution in [-0.2, 0) is 9.59 Å². The minimum absolute atomic E-state index is 0.0402. The summed E-state index contributed by atoms with van der Waals surface area (Å²) in [4.78, 5) is 23.6. The molecule has 1 saturated carbocycles. The summed E-state index contributed by atoms with van der Waals surface area (Å²) in [6, 6.07) is -0.109. The first-order chi connectivity index (χ1) is 9.56. The first-order valence-corrected chi connectivity index (χ1v) is 7.86. The van der Waals surface area contributed by atoms with E-state index in [0.717, 1.165) is 38.5 Å². The van der Waals surface area contributed by atoms with Gasteiger partial charge in [0.15, 0.2) is 0 Å². The summed E-state index contributed by atoms with van der Waals surface area (Å²) in [5.41, 5.74) is 5.59. The topological polar surface area (TPSA) is 84.2 Å². The molecule has 5 nitrogen and oxygen atoms in total. The highest BCUT2D eigenvalue weighted by Crippen LogP contribution is 2.19. The smallest absolute Gasteiger partial charge is 0.242 e. The third-order valence-electron chi connectivity index (χ3n) is 3.75. The second-order valence-electron chi connectivity index (χ2n) is 5.84. The van der Waals surface area contributed by atoms with Crippen molar-refractivity contribution in [3.8, 4) is 0 Å². The van der Waals surface area contributed by atoms with Crippen LogP contribution in [0.1, 0.15) is 58.8 Å². The Labute approximate surface area is 122 Å². The Morgan fingerprint density at radius 3 is 2.50 bits per heavy atom. The average molecular weight is 283 g/mol. The summed E-state index contributed by atoms with van der Waals surface area (Å²) >= 11 is 0. The van der Waals surface area contributed by atoms with E-state index < -0.39 is 6.04 Å². The molecule has 0 bridgehead atoms. The molecule has 4 N–H and O–H groups in total. The highest BCUT2D eigenvalue weighted by atomic mass is 16.2. The number of nitrogens with two attached hydrogens (primary N) is 1. The Morgan fingerprint density at radius 1 is 1.25 bits per heavy atom. The van der Waals surface area contributed by atoms with E-state index in [1.165, 1.54) is 0 Å². The van der Waals surface area contributed by atoms with E-state index in [4.69, 9.17) is 5.73 Å². The van der Waals surface area contributed by atoms with Crippen molar-refractivity contribution < 1.29 is 9.59 Å². The maximum absolute atomic E-state index is 11.8. The van der Waals surface area contributed by atoms with E-state index in [1.807, 2.05) is 0 Å². The summed E-state index contributed by atoms with van der Waals surface area (Å²) < 4.78 is 0. The molecule has 0 spiro atoms. The normalized spacial score (nSPS) is 17.4. The van der Waals surface area contributed by atoms with E-state index in [-0.39, 0.29) is 11.8 Å².